The Balaban J connectivity index is 1.81. The van der Waals surface area contributed by atoms with Gasteiger partial charge in [-0.2, -0.15) is 0 Å². The molecule has 43 heavy (non-hydrogen) atoms. The second-order valence-electron chi connectivity index (χ2n) is 10.3. The molecule has 0 bridgehead atoms. The standard InChI is InChI=1S/C33H33ClFN3O4S/c1-24(2)36-33(40)31(20-25-12-5-3-6-13-25)37(22-26-14-9-10-19-30(26)35)32(39)23-38(28-16-11-15-27(34)21-28)43(41,42)29-17-7-4-8-18-29/h3-19,21,24,31H,20,22-23H2,1-2H3,(H,36,40). The van der Waals surface area contributed by atoms with Crippen molar-refractivity contribution in [3.05, 3.63) is 131 Å². The van der Waals surface area contributed by atoms with Gasteiger partial charge in [0.05, 0.1) is 10.6 Å². The molecule has 2 amide bonds. The molecule has 224 valence electrons. The van der Waals surface area contributed by atoms with Crippen molar-refractivity contribution in [1.82, 2.24) is 10.2 Å². The minimum absolute atomic E-state index is 0.0261. The number of anilines is 1. The average molecular weight is 622 g/mol. The highest BCUT2D eigenvalue weighted by molar-refractivity contribution is 7.92. The van der Waals surface area contributed by atoms with Crippen molar-refractivity contribution in [3.8, 4) is 0 Å². The van der Waals surface area contributed by atoms with Crippen molar-refractivity contribution in [3.63, 3.8) is 0 Å². The second kappa shape index (κ2) is 14.3. The van der Waals surface area contributed by atoms with E-state index in [1.165, 1.54) is 47.4 Å². The van der Waals surface area contributed by atoms with Crippen LogP contribution < -0.4 is 9.62 Å². The molecular weight excluding hydrogens is 589 g/mol. The maximum absolute atomic E-state index is 14.9. The van der Waals surface area contributed by atoms with E-state index < -0.39 is 40.2 Å². The molecule has 4 aromatic rings. The number of carbonyl (C=O) groups excluding carboxylic acids is 2. The molecule has 0 saturated heterocycles. The Morgan fingerprint density at radius 3 is 2.12 bits per heavy atom. The minimum atomic E-state index is -4.25. The first-order valence-corrected chi connectivity index (χ1v) is 15.6. The van der Waals surface area contributed by atoms with Crippen LogP contribution in [-0.2, 0) is 32.6 Å². The van der Waals surface area contributed by atoms with Crippen molar-refractivity contribution < 1.29 is 22.4 Å². The van der Waals surface area contributed by atoms with Crippen LogP contribution in [0.4, 0.5) is 10.1 Å². The fraction of sp³-hybridized carbons (Fsp3) is 0.212. The molecule has 0 aromatic heterocycles. The molecule has 10 heteroatoms. The molecule has 4 rings (SSSR count). The van der Waals surface area contributed by atoms with Gasteiger partial charge in [-0.1, -0.05) is 84.4 Å². The number of benzene rings is 4. The van der Waals surface area contributed by atoms with Crippen molar-refractivity contribution in [1.29, 1.82) is 0 Å². The maximum atomic E-state index is 14.9. The van der Waals surface area contributed by atoms with Crippen LogP contribution in [0.5, 0.6) is 0 Å². The van der Waals surface area contributed by atoms with Crippen LogP contribution in [0, 0.1) is 5.82 Å². The molecule has 4 aromatic carbocycles. The van der Waals surface area contributed by atoms with E-state index in [0.29, 0.717) is 0 Å². The molecule has 0 saturated carbocycles. The SMILES string of the molecule is CC(C)NC(=O)C(Cc1ccccc1)N(Cc1ccccc1F)C(=O)CN(c1cccc(Cl)c1)S(=O)(=O)c1ccccc1. The molecule has 0 aliphatic heterocycles. The summed E-state index contributed by atoms with van der Waals surface area (Å²) in [7, 11) is -4.25. The number of nitrogens with zero attached hydrogens (tertiary/aromatic N) is 2. The van der Waals surface area contributed by atoms with E-state index in [1.807, 2.05) is 30.3 Å². The Morgan fingerprint density at radius 2 is 1.49 bits per heavy atom. The summed E-state index contributed by atoms with van der Waals surface area (Å²) >= 11 is 6.23. The number of halogens is 2. The van der Waals surface area contributed by atoms with Crippen LogP contribution in [0.2, 0.25) is 5.02 Å². The molecule has 0 fully saturated rings. The van der Waals surface area contributed by atoms with Gasteiger partial charge in [0.25, 0.3) is 10.0 Å². The Labute approximate surface area is 257 Å². The summed E-state index contributed by atoms with van der Waals surface area (Å²) in [6.45, 7) is 2.68. The fourth-order valence-electron chi connectivity index (χ4n) is 4.62. The number of carbonyl (C=O) groups is 2. The Kier molecular flexibility index (Phi) is 10.6. The predicted molar refractivity (Wildman–Crippen MR) is 167 cm³/mol. The van der Waals surface area contributed by atoms with Crippen LogP contribution in [0.3, 0.4) is 0 Å². The first-order valence-electron chi connectivity index (χ1n) is 13.8. The molecule has 0 heterocycles. The minimum Gasteiger partial charge on any atom is -0.352 e. The zero-order valence-electron chi connectivity index (χ0n) is 23.9. The average Bonchev–Trinajstić information content (AvgIpc) is 2.99. The van der Waals surface area contributed by atoms with Gasteiger partial charge in [-0.05, 0) is 55.8 Å². The van der Waals surface area contributed by atoms with Gasteiger partial charge in [0, 0.05) is 29.6 Å². The van der Waals surface area contributed by atoms with Crippen molar-refractivity contribution in [2.24, 2.45) is 0 Å². The van der Waals surface area contributed by atoms with E-state index in [4.69, 9.17) is 11.6 Å². The van der Waals surface area contributed by atoms with Crippen LogP contribution in [-0.4, -0.2) is 43.8 Å². The van der Waals surface area contributed by atoms with Crippen molar-refractivity contribution in [2.45, 2.75) is 43.8 Å². The van der Waals surface area contributed by atoms with Crippen LogP contribution in [0.1, 0.15) is 25.0 Å². The fourth-order valence-corrected chi connectivity index (χ4v) is 6.24. The number of hydrogen-bond donors (Lipinski definition) is 1. The topological polar surface area (TPSA) is 86.8 Å². The third-order valence-electron chi connectivity index (χ3n) is 6.71. The Bertz CT molecular complexity index is 1650. The lowest BCUT2D eigenvalue weighted by atomic mass is 10.0. The van der Waals surface area contributed by atoms with Gasteiger partial charge in [0.15, 0.2) is 0 Å². The number of hydrogen-bond acceptors (Lipinski definition) is 4. The molecule has 1 atom stereocenters. The Morgan fingerprint density at radius 1 is 0.860 bits per heavy atom. The van der Waals surface area contributed by atoms with Crippen molar-refractivity contribution >= 4 is 39.1 Å². The van der Waals surface area contributed by atoms with Gasteiger partial charge < -0.3 is 10.2 Å². The third kappa shape index (κ3) is 8.21. The van der Waals surface area contributed by atoms with Gasteiger partial charge in [0.1, 0.15) is 18.4 Å². The van der Waals surface area contributed by atoms with Crippen molar-refractivity contribution in [2.75, 3.05) is 10.8 Å². The summed E-state index contributed by atoms with van der Waals surface area (Å²) in [5.41, 5.74) is 1.13. The lowest BCUT2D eigenvalue weighted by molar-refractivity contribution is -0.140. The molecule has 0 spiro atoms. The van der Waals surface area contributed by atoms with Gasteiger partial charge in [0.2, 0.25) is 11.8 Å². The maximum Gasteiger partial charge on any atom is 0.264 e. The lowest BCUT2D eigenvalue weighted by Crippen LogP contribution is -2.54. The number of rotatable bonds is 12. The molecule has 0 radical (unpaired) electrons. The summed E-state index contributed by atoms with van der Waals surface area (Å²) in [5.74, 6) is -1.68. The van der Waals surface area contributed by atoms with E-state index in [0.717, 1.165) is 9.87 Å². The molecule has 1 N–H and O–H groups in total. The van der Waals surface area contributed by atoms with Gasteiger partial charge in [-0.15, -0.1) is 0 Å². The number of amides is 2. The molecule has 0 aliphatic rings. The predicted octanol–water partition coefficient (Wildman–Crippen LogP) is 5.84. The van der Waals surface area contributed by atoms with Crippen LogP contribution in [0.15, 0.2) is 114 Å². The summed E-state index contributed by atoms with van der Waals surface area (Å²) in [6, 6.07) is 27.7. The van der Waals surface area contributed by atoms with E-state index in [-0.39, 0.29) is 40.2 Å². The molecule has 1 unspecified atom stereocenters. The van der Waals surface area contributed by atoms with Crippen LogP contribution >= 0.6 is 11.6 Å². The van der Waals surface area contributed by atoms with E-state index in [9.17, 15) is 22.4 Å². The normalized spacial score (nSPS) is 12.0. The summed E-state index contributed by atoms with van der Waals surface area (Å²) in [4.78, 5) is 29.2. The summed E-state index contributed by atoms with van der Waals surface area (Å²) in [6.07, 6.45) is 0.127. The molecule has 7 nitrogen and oxygen atoms in total. The van der Waals surface area contributed by atoms with E-state index in [2.05, 4.69) is 5.32 Å². The molecular formula is C33H33ClFN3O4S. The number of nitrogens with one attached hydrogen (secondary N) is 1. The van der Waals surface area contributed by atoms with Gasteiger partial charge in [-0.3, -0.25) is 13.9 Å². The van der Waals surface area contributed by atoms with E-state index in [1.54, 1.807) is 50.2 Å². The summed E-state index contributed by atoms with van der Waals surface area (Å²) < 4.78 is 43.8. The largest absolute Gasteiger partial charge is 0.352 e. The first-order chi connectivity index (χ1) is 20.6. The first kappa shape index (κ1) is 31.7. The molecule has 0 aliphatic carbocycles. The smallest absolute Gasteiger partial charge is 0.264 e. The highest BCUT2D eigenvalue weighted by atomic mass is 35.5. The quantitative estimate of drug-likeness (QED) is 0.215. The Hall–Kier alpha value is -4.21. The highest BCUT2D eigenvalue weighted by Gasteiger charge is 2.35. The third-order valence-corrected chi connectivity index (χ3v) is 8.73. The van der Waals surface area contributed by atoms with E-state index >= 15 is 0 Å². The van der Waals surface area contributed by atoms with Gasteiger partial charge >= 0.3 is 0 Å². The lowest BCUT2D eigenvalue weighted by Gasteiger charge is -2.34. The monoisotopic (exact) mass is 621 g/mol. The zero-order chi connectivity index (χ0) is 31.0. The number of sulfonamides is 1. The van der Waals surface area contributed by atoms with Crippen LogP contribution in [0.25, 0.3) is 0 Å². The second-order valence-corrected chi connectivity index (χ2v) is 12.6. The zero-order valence-corrected chi connectivity index (χ0v) is 25.4. The highest BCUT2D eigenvalue weighted by Crippen LogP contribution is 2.27. The summed E-state index contributed by atoms with van der Waals surface area (Å²) in [5, 5.41) is 3.15. The van der Waals surface area contributed by atoms with Gasteiger partial charge in [-0.25, -0.2) is 12.8 Å².